The predicted molar refractivity (Wildman–Crippen MR) is 111 cm³/mol. The molecule has 5 nitrogen and oxygen atoms in total. The van der Waals surface area contributed by atoms with Gasteiger partial charge in [0.05, 0.1) is 13.5 Å². The molecule has 5 heteroatoms. The monoisotopic (exact) mass is 376 g/mol. The average Bonchev–Trinajstić information content (AvgIpc) is 2.68. The predicted octanol–water partition coefficient (Wildman–Crippen LogP) is 4.01. The maximum Gasteiger partial charge on any atom is 0.227 e. The molecular formula is C23H24N2O3. The van der Waals surface area contributed by atoms with Gasteiger partial charge in [-0.1, -0.05) is 30.3 Å². The molecule has 0 aliphatic carbocycles. The van der Waals surface area contributed by atoms with Crippen molar-refractivity contribution in [1.82, 2.24) is 4.90 Å². The summed E-state index contributed by atoms with van der Waals surface area (Å²) in [4.78, 5) is 25.4. The van der Waals surface area contributed by atoms with Gasteiger partial charge in [-0.15, -0.1) is 0 Å². The lowest BCUT2D eigenvalue weighted by atomic mass is 10.1. The molecule has 0 aromatic heterocycles. The highest BCUT2D eigenvalue weighted by Gasteiger charge is 2.11. The van der Waals surface area contributed by atoms with E-state index >= 15 is 0 Å². The Morgan fingerprint density at radius 2 is 1.57 bits per heavy atom. The largest absolute Gasteiger partial charge is 0.497 e. The van der Waals surface area contributed by atoms with Crippen LogP contribution in [0, 0.1) is 0 Å². The van der Waals surface area contributed by atoms with Gasteiger partial charge in [0.2, 0.25) is 11.8 Å². The molecule has 0 saturated carbocycles. The molecule has 1 N–H and O–H groups in total. The first kappa shape index (κ1) is 19.4. The topological polar surface area (TPSA) is 58.6 Å². The highest BCUT2D eigenvalue weighted by molar-refractivity contribution is 5.88. The number of carbonyl (C=O) groups excluding carboxylic acids is 2. The molecule has 144 valence electrons. The van der Waals surface area contributed by atoms with Gasteiger partial charge >= 0.3 is 0 Å². The van der Waals surface area contributed by atoms with E-state index in [4.69, 9.17) is 4.74 Å². The second-order valence-electron chi connectivity index (χ2n) is 6.85. The number of hydrogen-bond donors (Lipinski definition) is 1. The molecule has 3 rings (SSSR count). The van der Waals surface area contributed by atoms with Crippen LogP contribution in [0.25, 0.3) is 10.8 Å². The van der Waals surface area contributed by atoms with E-state index in [-0.39, 0.29) is 11.8 Å². The summed E-state index contributed by atoms with van der Waals surface area (Å²) in [6.45, 7) is 2.01. The molecule has 0 aliphatic rings. The van der Waals surface area contributed by atoms with Crippen LogP contribution in [0.4, 0.5) is 5.69 Å². The lowest BCUT2D eigenvalue weighted by molar-refractivity contribution is -0.129. The van der Waals surface area contributed by atoms with Gasteiger partial charge in [-0.2, -0.15) is 0 Å². The molecule has 3 aromatic rings. The summed E-state index contributed by atoms with van der Waals surface area (Å²) in [6, 6.07) is 19.5. The third-order valence-corrected chi connectivity index (χ3v) is 4.59. The van der Waals surface area contributed by atoms with E-state index in [9.17, 15) is 9.59 Å². The zero-order valence-corrected chi connectivity index (χ0v) is 16.4. The highest BCUT2D eigenvalue weighted by atomic mass is 16.5. The van der Waals surface area contributed by atoms with Crippen LogP contribution in [-0.2, 0) is 22.6 Å². The van der Waals surface area contributed by atoms with Gasteiger partial charge in [-0.05, 0) is 52.2 Å². The van der Waals surface area contributed by atoms with Gasteiger partial charge in [0.15, 0.2) is 0 Å². The van der Waals surface area contributed by atoms with Gasteiger partial charge in [-0.25, -0.2) is 0 Å². The summed E-state index contributed by atoms with van der Waals surface area (Å²) in [5.41, 5.74) is 2.72. The fourth-order valence-electron chi connectivity index (χ4n) is 3.08. The van der Waals surface area contributed by atoms with Crippen molar-refractivity contribution in [2.45, 2.75) is 19.9 Å². The normalized spacial score (nSPS) is 10.5. The average molecular weight is 376 g/mol. The second kappa shape index (κ2) is 8.57. The van der Waals surface area contributed by atoms with Crippen LogP contribution in [0.5, 0.6) is 5.75 Å². The first-order valence-electron chi connectivity index (χ1n) is 9.12. The van der Waals surface area contributed by atoms with Crippen molar-refractivity contribution < 1.29 is 14.3 Å². The van der Waals surface area contributed by atoms with E-state index in [0.717, 1.165) is 33.3 Å². The minimum atomic E-state index is -0.114. The van der Waals surface area contributed by atoms with Gasteiger partial charge in [0.1, 0.15) is 5.75 Å². The van der Waals surface area contributed by atoms with Crippen LogP contribution in [0.3, 0.4) is 0 Å². The third-order valence-electron chi connectivity index (χ3n) is 4.59. The molecule has 0 fully saturated rings. The number of benzene rings is 3. The van der Waals surface area contributed by atoms with E-state index in [1.165, 1.54) is 6.92 Å². The molecule has 2 amide bonds. The lowest BCUT2D eigenvalue weighted by Crippen LogP contribution is -2.27. The number of carbonyl (C=O) groups is 2. The number of methoxy groups -OCH3 is 1. The number of rotatable bonds is 6. The van der Waals surface area contributed by atoms with Crippen LogP contribution in [0.15, 0.2) is 60.7 Å². The quantitative estimate of drug-likeness (QED) is 0.707. The van der Waals surface area contributed by atoms with Crippen LogP contribution in [0.2, 0.25) is 0 Å². The number of amides is 2. The van der Waals surface area contributed by atoms with Gasteiger partial charge in [0.25, 0.3) is 0 Å². The number of nitrogens with zero attached hydrogens (tertiary/aromatic N) is 1. The third kappa shape index (κ3) is 4.88. The molecule has 0 unspecified atom stereocenters. The molecule has 3 aromatic carbocycles. The Bertz CT molecular complexity index is 996. The molecule has 0 atom stereocenters. The Balaban J connectivity index is 1.63. The van der Waals surface area contributed by atoms with Crippen LogP contribution >= 0.6 is 0 Å². The summed E-state index contributed by atoms with van der Waals surface area (Å²) in [6.07, 6.45) is 0.321. The summed E-state index contributed by atoms with van der Waals surface area (Å²) in [7, 11) is 3.47. The Morgan fingerprint density at radius 3 is 2.25 bits per heavy atom. The molecule has 0 aliphatic heterocycles. The number of likely N-dealkylation sites (N-methyl/N-ethyl adjacent to an activating group) is 1. The van der Waals surface area contributed by atoms with Crippen molar-refractivity contribution in [3.8, 4) is 5.75 Å². The number of ether oxygens (including phenoxy) is 1. The van der Waals surface area contributed by atoms with Crippen molar-refractivity contribution in [2.24, 2.45) is 0 Å². The first-order valence-corrected chi connectivity index (χ1v) is 9.12. The molecule has 0 radical (unpaired) electrons. The molecule has 0 spiro atoms. The fourth-order valence-corrected chi connectivity index (χ4v) is 3.08. The molecule has 0 bridgehead atoms. The number of anilines is 1. The first-order chi connectivity index (χ1) is 13.4. The van der Waals surface area contributed by atoms with Crippen molar-refractivity contribution in [2.75, 3.05) is 19.5 Å². The second-order valence-corrected chi connectivity index (χ2v) is 6.85. The van der Waals surface area contributed by atoms with E-state index in [2.05, 4.69) is 11.4 Å². The lowest BCUT2D eigenvalue weighted by Gasteiger charge is -2.18. The summed E-state index contributed by atoms with van der Waals surface area (Å²) < 4.78 is 5.26. The highest BCUT2D eigenvalue weighted by Crippen LogP contribution is 2.22. The number of fused-ring (bicyclic) bond motifs is 1. The minimum Gasteiger partial charge on any atom is -0.497 e. The Labute approximate surface area is 164 Å². The maximum absolute atomic E-state index is 12.6. The molecule has 28 heavy (non-hydrogen) atoms. The molecular weight excluding hydrogens is 352 g/mol. The van der Waals surface area contributed by atoms with Gasteiger partial charge < -0.3 is 15.0 Å². The van der Waals surface area contributed by atoms with E-state index in [1.54, 1.807) is 12.0 Å². The zero-order chi connectivity index (χ0) is 20.1. The standard InChI is InChI=1S/C23H24N2O3/c1-16(26)24-21-9-5-17(6-10-21)13-23(27)25(2)15-18-4-7-20-14-22(28-3)11-8-19(20)12-18/h4-12,14H,13,15H2,1-3H3,(H,24,26). The van der Waals surface area contributed by atoms with Crippen molar-refractivity contribution in [3.05, 3.63) is 71.8 Å². The summed E-state index contributed by atoms with van der Waals surface area (Å²) in [5.74, 6) is 0.761. The zero-order valence-electron chi connectivity index (χ0n) is 16.4. The Morgan fingerprint density at radius 1 is 0.929 bits per heavy atom. The van der Waals surface area contributed by atoms with Gasteiger partial charge in [0, 0.05) is 26.2 Å². The summed E-state index contributed by atoms with van der Waals surface area (Å²) in [5, 5.41) is 4.95. The SMILES string of the molecule is COc1ccc2cc(CN(C)C(=O)Cc3ccc(NC(C)=O)cc3)ccc2c1. The fraction of sp³-hybridized carbons (Fsp3) is 0.217. The Hall–Kier alpha value is -3.34. The van der Waals surface area contributed by atoms with Crippen molar-refractivity contribution in [3.63, 3.8) is 0 Å². The number of nitrogens with one attached hydrogen (secondary N) is 1. The van der Waals surface area contributed by atoms with Crippen LogP contribution < -0.4 is 10.1 Å². The molecule has 0 saturated heterocycles. The maximum atomic E-state index is 12.6. The van der Waals surface area contributed by atoms with E-state index < -0.39 is 0 Å². The number of hydrogen-bond acceptors (Lipinski definition) is 3. The van der Waals surface area contributed by atoms with Crippen LogP contribution in [-0.4, -0.2) is 30.9 Å². The van der Waals surface area contributed by atoms with Crippen LogP contribution in [0.1, 0.15) is 18.1 Å². The smallest absolute Gasteiger partial charge is 0.227 e. The molecule has 0 heterocycles. The van der Waals surface area contributed by atoms with Gasteiger partial charge in [-0.3, -0.25) is 9.59 Å². The van der Waals surface area contributed by atoms with E-state index in [1.807, 2.05) is 61.6 Å². The van der Waals surface area contributed by atoms with E-state index in [0.29, 0.717) is 13.0 Å². The van der Waals surface area contributed by atoms with Crippen molar-refractivity contribution >= 4 is 28.3 Å². The Kier molecular flexibility index (Phi) is 5.94. The van der Waals surface area contributed by atoms with Crippen molar-refractivity contribution in [1.29, 1.82) is 0 Å². The minimum absolute atomic E-state index is 0.0436. The summed E-state index contributed by atoms with van der Waals surface area (Å²) >= 11 is 0.